The molecule has 1 aliphatic rings. The van der Waals surface area contributed by atoms with Crippen molar-refractivity contribution in [2.24, 2.45) is 0 Å². The molecule has 1 saturated heterocycles. The molecule has 0 spiro atoms. The number of oxazole rings is 1. The number of carboxylic acid groups (broad SMARTS) is 1. The van der Waals surface area contributed by atoms with E-state index in [9.17, 15) is 14.7 Å². The van der Waals surface area contributed by atoms with E-state index in [-0.39, 0.29) is 18.3 Å². The number of rotatable bonds is 5. The molecule has 0 aromatic carbocycles. The van der Waals surface area contributed by atoms with Crippen LogP contribution in [0.25, 0.3) is 0 Å². The first-order valence-corrected chi connectivity index (χ1v) is 6.69. The molecule has 1 unspecified atom stereocenters. The van der Waals surface area contributed by atoms with Crippen LogP contribution >= 0.6 is 0 Å². The first kappa shape index (κ1) is 14.4. The Bertz CT molecular complexity index is 513. The van der Waals surface area contributed by atoms with E-state index in [1.165, 1.54) is 6.26 Å². The van der Waals surface area contributed by atoms with Crippen molar-refractivity contribution in [3.63, 3.8) is 0 Å². The number of nitrogens with zero attached hydrogens (tertiary/aromatic N) is 2. The third-order valence-electron chi connectivity index (χ3n) is 3.68. The SMILES string of the molecule is CCOC(=O)c1coc(N2CCCC2(CC)C(=O)O)n1. The van der Waals surface area contributed by atoms with E-state index < -0.39 is 17.5 Å². The second kappa shape index (κ2) is 5.52. The Labute approximate surface area is 116 Å². The minimum Gasteiger partial charge on any atom is -0.479 e. The van der Waals surface area contributed by atoms with Gasteiger partial charge in [0, 0.05) is 6.54 Å². The molecule has 1 fully saturated rings. The van der Waals surface area contributed by atoms with Gasteiger partial charge in [-0.3, -0.25) is 0 Å². The molecule has 20 heavy (non-hydrogen) atoms. The molecule has 0 amide bonds. The highest BCUT2D eigenvalue weighted by atomic mass is 16.5. The average molecular weight is 282 g/mol. The maximum Gasteiger partial charge on any atom is 0.360 e. The third-order valence-corrected chi connectivity index (χ3v) is 3.68. The van der Waals surface area contributed by atoms with E-state index in [0.29, 0.717) is 19.4 Å². The number of aromatic nitrogens is 1. The maximum absolute atomic E-state index is 11.6. The second-order valence-corrected chi connectivity index (χ2v) is 4.68. The normalized spacial score (nSPS) is 22.0. The van der Waals surface area contributed by atoms with Crippen LogP contribution in [0.4, 0.5) is 6.01 Å². The molecule has 0 aliphatic carbocycles. The van der Waals surface area contributed by atoms with Crippen LogP contribution in [0.3, 0.4) is 0 Å². The van der Waals surface area contributed by atoms with Gasteiger partial charge in [0.15, 0.2) is 5.69 Å². The van der Waals surface area contributed by atoms with Crippen LogP contribution in [0, 0.1) is 0 Å². The fourth-order valence-electron chi connectivity index (χ4n) is 2.59. The van der Waals surface area contributed by atoms with Gasteiger partial charge in [-0.25, -0.2) is 9.59 Å². The van der Waals surface area contributed by atoms with Crippen LogP contribution in [0.5, 0.6) is 0 Å². The zero-order chi connectivity index (χ0) is 14.8. The topological polar surface area (TPSA) is 92.9 Å². The number of ether oxygens (including phenoxy) is 1. The smallest absolute Gasteiger partial charge is 0.360 e. The number of esters is 1. The first-order chi connectivity index (χ1) is 9.55. The van der Waals surface area contributed by atoms with E-state index in [0.717, 1.165) is 6.42 Å². The Morgan fingerprint density at radius 3 is 2.90 bits per heavy atom. The third kappa shape index (κ3) is 2.23. The maximum atomic E-state index is 11.6. The molecule has 110 valence electrons. The zero-order valence-electron chi connectivity index (χ0n) is 11.6. The zero-order valence-corrected chi connectivity index (χ0v) is 11.6. The fraction of sp³-hybridized carbons (Fsp3) is 0.615. The lowest BCUT2D eigenvalue weighted by Gasteiger charge is -2.32. The molecule has 1 aliphatic heterocycles. The fourth-order valence-corrected chi connectivity index (χ4v) is 2.59. The van der Waals surface area contributed by atoms with Gasteiger partial charge in [-0.2, -0.15) is 4.98 Å². The quantitative estimate of drug-likeness (QED) is 0.821. The highest BCUT2D eigenvalue weighted by Crippen LogP contribution is 2.36. The monoisotopic (exact) mass is 282 g/mol. The Morgan fingerprint density at radius 2 is 2.30 bits per heavy atom. The molecule has 1 N–H and O–H groups in total. The van der Waals surface area contributed by atoms with Crippen LogP contribution in [0.1, 0.15) is 43.6 Å². The van der Waals surface area contributed by atoms with Crippen LogP contribution in [-0.4, -0.2) is 40.7 Å². The van der Waals surface area contributed by atoms with Crippen molar-refractivity contribution in [3.8, 4) is 0 Å². The van der Waals surface area contributed by atoms with Crippen LogP contribution in [0.15, 0.2) is 10.7 Å². The predicted molar refractivity (Wildman–Crippen MR) is 69.7 cm³/mol. The van der Waals surface area contributed by atoms with Gasteiger partial charge in [0.25, 0.3) is 6.01 Å². The summed E-state index contributed by atoms with van der Waals surface area (Å²) in [5.74, 6) is -1.47. The first-order valence-electron chi connectivity index (χ1n) is 6.69. The second-order valence-electron chi connectivity index (χ2n) is 4.68. The number of carbonyl (C=O) groups excluding carboxylic acids is 1. The lowest BCUT2D eigenvalue weighted by molar-refractivity contribution is -0.143. The molecule has 1 aromatic rings. The van der Waals surface area contributed by atoms with Gasteiger partial charge in [-0.05, 0) is 26.2 Å². The van der Waals surface area contributed by atoms with Gasteiger partial charge >= 0.3 is 11.9 Å². The number of hydrogen-bond acceptors (Lipinski definition) is 6. The summed E-state index contributed by atoms with van der Waals surface area (Å²) in [6.45, 7) is 4.31. The van der Waals surface area contributed by atoms with Crippen molar-refractivity contribution in [2.45, 2.75) is 38.6 Å². The number of aliphatic carboxylic acids is 1. The molecule has 7 heteroatoms. The number of anilines is 1. The number of carbonyl (C=O) groups is 2. The molecule has 2 rings (SSSR count). The summed E-state index contributed by atoms with van der Waals surface area (Å²) in [5, 5.41) is 9.49. The summed E-state index contributed by atoms with van der Waals surface area (Å²) < 4.78 is 10.1. The Balaban J connectivity index is 2.27. The average Bonchev–Trinajstić information content (AvgIpc) is 3.05. The molecular weight excluding hydrogens is 264 g/mol. The standard InChI is InChI=1S/C13H18N2O5/c1-3-13(11(17)18)6-5-7-15(13)12-14-9(8-20-12)10(16)19-4-2/h8H,3-7H2,1-2H3,(H,17,18). The van der Waals surface area contributed by atoms with Crippen LogP contribution in [-0.2, 0) is 9.53 Å². The van der Waals surface area contributed by atoms with Crippen molar-refractivity contribution < 1.29 is 23.8 Å². The van der Waals surface area contributed by atoms with E-state index in [1.807, 2.05) is 6.92 Å². The van der Waals surface area contributed by atoms with Crippen molar-refractivity contribution in [1.29, 1.82) is 0 Å². The summed E-state index contributed by atoms with van der Waals surface area (Å²) in [7, 11) is 0. The lowest BCUT2D eigenvalue weighted by atomic mass is 9.93. The summed E-state index contributed by atoms with van der Waals surface area (Å²) in [6.07, 6.45) is 2.93. The van der Waals surface area contributed by atoms with Crippen molar-refractivity contribution in [2.75, 3.05) is 18.1 Å². The Morgan fingerprint density at radius 1 is 1.55 bits per heavy atom. The van der Waals surface area contributed by atoms with Crippen LogP contribution < -0.4 is 4.90 Å². The lowest BCUT2D eigenvalue weighted by Crippen LogP contribution is -2.50. The molecule has 7 nitrogen and oxygen atoms in total. The van der Waals surface area contributed by atoms with E-state index in [4.69, 9.17) is 9.15 Å². The summed E-state index contributed by atoms with van der Waals surface area (Å²) >= 11 is 0. The summed E-state index contributed by atoms with van der Waals surface area (Å²) in [4.78, 5) is 28.8. The van der Waals surface area contributed by atoms with Crippen molar-refractivity contribution in [1.82, 2.24) is 4.98 Å². The highest BCUT2D eigenvalue weighted by molar-refractivity contribution is 5.88. The van der Waals surface area contributed by atoms with Gasteiger partial charge in [-0.1, -0.05) is 6.92 Å². The predicted octanol–water partition coefficient (Wildman–Crippen LogP) is 1.68. The van der Waals surface area contributed by atoms with Gasteiger partial charge in [0.2, 0.25) is 0 Å². The van der Waals surface area contributed by atoms with Crippen molar-refractivity contribution in [3.05, 3.63) is 12.0 Å². The van der Waals surface area contributed by atoms with Gasteiger partial charge in [-0.15, -0.1) is 0 Å². The van der Waals surface area contributed by atoms with Crippen LogP contribution in [0.2, 0.25) is 0 Å². The molecule has 0 bridgehead atoms. The van der Waals surface area contributed by atoms with Gasteiger partial charge in [0.1, 0.15) is 11.8 Å². The molecule has 2 heterocycles. The van der Waals surface area contributed by atoms with E-state index >= 15 is 0 Å². The highest BCUT2D eigenvalue weighted by Gasteiger charge is 2.48. The summed E-state index contributed by atoms with van der Waals surface area (Å²) in [6, 6.07) is 0.162. The van der Waals surface area contributed by atoms with Crippen molar-refractivity contribution >= 4 is 18.0 Å². The molecule has 1 aromatic heterocycles. The largest absolute Gasteiger partial charge is 0.479 e. The molecular formula is C13H18N2O5. The molecule has 1 atom stereocenters. The minimum absolute atomic E-state index is 0.0594. The summed E-state index contributed by atoms with van der Waals surface area (Å²) in [5.41, 5.74) is -0.944. The Kier molecular flexibility index (Phi) is 3.96. The van der Waals surface area contributed by atoms with E-state index in [1.54, 1.807) is 11.8 Å². The molecule has 0 radical (unpaired) electrons. The minimum atomic E-state index is -1.00. The number of hydrogen-bond donors (Lipinski definition) is 1. The molecule has 0 saturated carbocycles. The van der Waals surface area contributed by atoms with E-state index in [2.05, 4.69) is 4.98 Å². The number of carboxylic acids is 1. The van der Waals surface area contributed by atoms with Gasteiger partial charge in [0.05, 0.1) is 6.61 Å². The van der Waals surface area contributed by atoms with Gasteiger partial charge < -0.3 is 19.2 Å². The Hall–Kier alpha value is -2.05.